The quantitative estimate of drug-likeness (QED) is 0.860. The number of anilines is 2. The Bertz CT molecular complexity index is 919. The largest absolute Gasteiger partial charge is 0.369 e. The standard InChI is InChI=1S/C19H23FN6O/c1-24(2)19-22-13(9-18(27)23-19)11-25(3)14-7-8-26(12-14)17-6-4-5-16(20)15(17)10-21/h4-6,9,14H,7-8,11-12H2,1-3H3,(H,22,23,27)/t14-/m0/s1. The number of halogens is 1. The van der Waals surface area contributed by atoms with Crippen molar-refractivity contribution in [1.82, 2.24) is 14.9 Å². The summed E-state index contributed by atoms with van der Waals surface area (Å²) in [7, 11) is 5.64. The molecule has 1 aliphatic rings. The first-order valence-electron chi connectivity index (χ1n) is 8.80. The van der Waals surface area contributed by atoms with E-state index >= 15 is 0 Å². The van der Waals surface area contributed by atoms with Crippen LogP contribution in [0.25, 0.3) is 0 Å². The smallest absolute Gasteiger partial charge is 0.252 e. The molecule has 142 valence electrons. The number of nitriles is 1. The molecule has 3 rings (SSSR count). The topological polar surface area (TPSA) is 79.3 Å². The van der Waals surface area contributed by atoms with Gasteiger partial charge < -0.3 is 9.80 Å². The molecule has 7 nitrogen and oxygen atoms in total. The highest BCUT2D eigenvalue weighted by atomic mass is 19.1. The number of H-pyrrole nitrogens is 1. The summed E-state index contributed by atoms with van der Waals surface area (Å²) in [6, 6.07) is 8.42. The van der Waals surface area contributed by atoms with Crippen LogP contribution in [0.3, 0.4) is 0 Å². The Morgan fingerprint density at radius 2 is 2.19 bits per heavy atom. The summed E-state index contributed by atoms with van der Waals surface area (Å²) in [6.45, 7) is 1.98. The van der Waals surface area contributed by atoms with Gasteiger partial charge in [0.15, 0.2) is 0 Å². The zero-order valence-electron chi connectivity index (χ0n) is 15.7. The molecule has 1 aromatic carbocycles. The van der Waals surface area contributed by atoms with Gasteiger partial charge in [0.25, 0.3) is 5.56 Å². The van der Waals surface area contributed by atoms with Gasteiger partial charge in [-0.2, -0.15) is 5.26 Å². The number of benzene rings is 1. The molecular weight excluding hydrogens is 347 g/mol. The fourth-order valence-electron chi connectivity index (χ4n) is 3.38. The van der Waals surface area contributed by atoms with E-state index in [0.717, 1.165) is 13.0 Å². The maximum Gasteiger partial charge on any atom is 0.252 e. The number of hydrogen-bond acceptors (Lipinski definition) is 6. The van der Waals surface area contributed by atoms with E-state index in [4.69, 9.17) is 0 Å². The van der Waals surface area contributed by atoms with Crippen molar-refractivity contribution in [2.24, 2.45) is 0 Å². The van der Waals surface area contributed by atoms with Crippen LogP contribution in [0.4, 0.5) is 16.0 Å². The molecule has 1 aromatic heterocycles. The van der Waals surface area contributed by atoms with Crippen LogP contribution < -0.4 is 15.4 Å². The van der Waals surface area contributed by atoms with Gasteiger partial charge in [-0.25, -0.2) is 9.37 Å². The summed E-state index contributed by atoms with van der Waals surface area (Å²) < 4.78 is 13.9. The second-order valence-corrected chi connectivity index (χ2v) is 7.00. The maximum absolute atomic E-state index is 13.9. The highest BCUT2D eigenvalue weighted by Crippen LogP contribution is 2.27. The maximum atomic E-state index is 13.9. The molecule has 27 heavy (non-hydrogen) atoms. The summed E-state index contributed by atoms with van der Waals surface area (Å²) in [5.41, 5.74) is 1.25. The number of hydrogen-bond donors (Lipinski definition) is 1. The predicted octanol–water partition coefficient (Wildman–Crippen LogP) is 1.56. The van der Waals surface area contributed by atoms with Gasteiger partial charge in [0, 0.05) is 45.8 Å². The molecule has 0 radical (unpaired) electrons. The summed E-state index contributed by atoms with van der Waals surface area (Å²) in [4.78, 5) is 25.0. The van der Waals surface area contributed by atoms with Crippen molar-refractivity contribution in [3.8, 4) is 6.07 Å². The lowest BCUT2D eigenvalue weighted by molar-refractivity contribution is 0.247. The van der Waals surface area contributed by atoms with Gasteiger partial charge in [0.2, 0.25) is 5.95 Å². The number of aromatic nitrogens is 2. The Labute approximate surface area is 157 Å². The Balaban J connectivity index is 1.72. The average Bonchev–Trinajstić information content (AvgIpc) is 3.11. The third-order valence-electron chi connectivity index (χ3n) is 4.85. The van der Waals surface area contributed by atoms with Crippen molar-refractivity contribution in [2.75, 3.05) is 44.0 Å². The van der Waals surface area contributed by atoms with Crippen molar-refractivity contribution in [2.45, 2.75) is 19.0 Å². The van der Waals surface area contributed by atoms with Gasteiger partial charge in [-0.1, -0.05) is 6.07 Å². The average molecular weight is 370 g/mol. The molecule has 0 bridgehead atoms. The fraction of sp³-hybridized carbons (Fsp3) is 0.421. The fourth-order valence-corrected chi connectivity index (χ4v) is 3.38. The van der Waals surface area contributed by atoms with Crippen LogP contribution in [0, 0.1) is 17.1 Å². The number of nitrogens with zero attached hydrogens (tertiary/aromatic N) is 5. The lowest BCUT2D eigenvalue weighted by Gasteiger charge is -2.25. The SMILES string of the molecule is CN(C)c1nc(CN(C)[C@H]2CCN(c3cccc(F)c3C#N)C2)cc(=O)[nH]1. The van der Waals surface area contributed by atoms with Crippen molar-refractivity contribution >= 4 is 11.6 Å². The molecular formula is C19H23FN6O. The van der Waals surface area contributed by atoms with E-state index < -0.39 is 5.82 Å². The minimum atomic E-state index is -0.490. The molecule has 1 saturated heterocycles. The zero-order chi connectivity index (χ0) is 19.6. The molecule has 2 heterocycles. The van der Waals surface area contributed by atoms with Crippen LogP contribution in [-0.2, 0) is 6.54 Å². The molecule has 0 amide bonds. The Morgan fingerprint density at radius 3 is 2.89 bits per heavy atom. The van der Waals surface area contributed by atoms with Crippen LogP contribution in [-0.4, -0.2) is 55.1 Å². The minimum absolute atomic E-state index is 0.0905. The molecule has 0 unspecified atom stereocenters. The molecule has 8 heteroatoms. The summed E-state index contributed by atoms with van der Waals surface area (Å²) in [5, 5.41) is 9.25. The lowest BCUT2D eigenvalue weighted by atomic mass is 10.1. The summed E-state index contributed by atoms with van der Waals surface area (Å²) >= 11 is 0. The van der Waals surface area contributed by atoms with E-state index in [1.54, 1.807) is 17.0 Å². The normalized spacial score (nSPS) is 16.6. The highest BCUT2D eigenvalue weighted by Gasteiger charge is 2.28. The van der Waals surface area contributed by atoms with E-state index in [2.05, 4.69) is 14.9 Å². The van der Waals surface area contributed by atoms with E-state index in [1.807, 2.05) is 32.1 Å². The van der Waals surface area contributed by atoms with Gasteiger partial charge >= 0.3 is 0 Å². The third-order valence-corrected chi connectivity index (χ3v) is 4.85. The van der Waals surface area contributed by atoms with Crippen LogP contribution in [0.2, 0.25) is 0 Å². The highest BCUT2D eigenvalue weighted by molar-refractivity contribution is 5.60. The van der Waals surface area contributed by atoms with Crippen molar-refractivity contribution in [3.05, 3.63) is 51.7 Å². The summed E-state index contributed by atoms with van der Waals surface area (Å²) in [6.07, 6.45) is 0.890. The number of likely N-dealkylation sites (N-methyl/N-ethyl adjacent to an activating group) is 1. The van der Waals surface area contributed by atoms with E-state index in [0.29, 0.717) is 30.4 Å². The second-order valence-electron chi connectivity index (χ2n) is 7.00. The Hall–Kier alpha value is -2.92. The molecule has 1 aliphatic heterocycles. The molecule has 2 aromatic rings. The van der Waals surface area contributed by atoms with Crippen molar-refractivity contribution < 1.29 is 4.39 Å². The number of aromatic amines is 1. The number of rotatable bonds is 5. The van der Waals surface area contributed by atoms with E-state index in [-0.39, 0.29) is 17.2 Å². The summed E-state index contributed by atoms with van der Waals surface area (Å²) in [5.74, 6) is 0.0353. The van der Waals surface area contributed by atoms with Crippen LogP contribution in [0.5, 0.6) is 0 Å². The molecule has 0 spiro atoms. The van der Waals surface area contributed by atoms with Gasteiger partial charge in [-0.3, -0.25) is 14.7 Å². The first kappa shape index (κ1) is 18.9. The Kier molecular flexibility index (Phi) is 5.42. The Morgan fingerprint density at radius 1 is 1.41 bits per heavy atom. The van der Waals surface area contributed by atoms with Gasteiger partial charge in [0.05, 0.1) is 11.4 Å². The molecule has 1 N–H and O–H groups in total. The monoisotopic (exact) mass is 370 g/mol. The van der Waals surface area contributed by atoms with Gasteiger partial charge in [-0.05, 0) is 25.6 Å². The zero-order valence-corrected chi connectivity index (χ0v) is 15.7. The van der Waals surface area contributed by atoms with Crippen LogP contribution in [0.15, 0.2) is 29.1 Å². The molecule has 0 saturated carbocycles. The first-order valence-corrected chi connectivity index (χ1v) is 8.80. The second kappa shape index (κ2) is 7.76. The number of nitrogens with one attached hydrogen (secondary N) is 1. The van der Waals surface area contributed by atoms with Gasteiger partial charge in [0.1, 0.15) is 17.4 Å². The van der Waals surface area contributed by atoms with Crippen molar-refractivity contribution in [3.63, 3.8) is 0 Å². The molecule has 1 atom stereocenters. The third kappa shape index (κ3) is 4.09. The van der Waals surface area contributed by atoms with Crippen LogP contribution >= 0.6 is 0 Å². The molecule has 1 fully saturated rings. The predicted molar refractivity (Wildman–Crippen MR) is 102 cm³/mol. The van der Waals surface area contributed by atoms with E-state index in [1.165, 1.54) is 12.1 Å². The lowest BCUT2D eigenvalue weighted by Crippen LogP contribution is -2.35. The van der Waals surface area contributed by atoms with Crippen LogP contribution in [0.1, 0.15) is 17.7 Å². The first-order chi connectivity index (χ1) is 12.9. The molecule has 0 aliphatic carbocycles. The van der Waals surface area contributed by atoms with E-state index in [9.17, 15) is 14.4 Å². The van der Waals surface area contributed by atoms with Gasteiger partial charge in [-0.15, -0.1) is 0 Å². The van der Waals surface area contributed by atoms with Crippen molar-refractivity contribution in [1.29, 1.82) is 5.26 Å². The minimum Gasteiger partial charge on any atom is -0.369 e.